The van der Waals surface area contributed by atoms with E-state index in [0.29, 0.717) is 3.63 Å². The van der Waals surface area contributed by atoms with Crippen molar-refractivity contribution in [2.75, 3.05) is 0 Å². The summed E-state index contributed by atoms with van der Waals surface area (Å²) in [5.41, 5.74) is 10.4. The van der Waals surface area contributed by atoms with Crippen LogP contribution < -0.4 is 5.30 Å². The van der Waals surface area contributed by atoms with Gasteiger partial charge in [0, 0.05) is 0 Å². The number of rotatable bonds is 4. The van der Waals surface area contributed by atoms with Crippen molar-refractivity contribution in [3.05, 3.63) is 112 Å². The fraction of sp³-hybridized carbons (Fsp3) is 0.185. The molecule has 0 radical (unpaired) electrons. The molecule has 0 amide bonds. The number of hydrogen-bond acceptors (Lipinski definition) is 0. The molecule has 29 heavy (non-hydrogen) atoms. The number of aryl methyl sites for hydroxylation is 3. The second-order valence-corrected chi connectivity index (χ2v) is 15.2. The molecule has 0 aliphatic heterocycles. The van der Waals surface area contributed by atoms with Crippen molar-refractivity contribution in [3.8, 4) is 0 Å². The van der Waals surface area contributed by atoms with Gasteiger partial charge >= 0.3 is 188 Å². The van der Waals surface area contributed by atoms with E-state index >= 15 is 0 Å². The summed E-state index contributed by atoms with van der Waals surface area (Å²) in [5, 5.41) is 1.53. The van der Waals surface area contributed by atoms with Crippen molar-refractivity contribution < 1.29 is 23.2 Å². The third-order valence-corrected chi connectivity index (χ3v) is 13.8. The van der Waals surface area contributed by atoms with Crippen LogP contribution in [0, 0.1) is 20.8 Å². The number of benzene rings is 3. The van der Waals surface area contributed by atoms with Crippen LogP contribution >= 0.6 is 8.58 Å². The predicted octanol–water partition coefficient (Wildman–Crippen LogP) is 6.65. The summed E-state index contributed by atoms with van der Waals surface area (Å²) >= 11 is -0.887. The van der Waals surface area contributed by atoms with Crippen molar-refractivity contribution in [2.24, 2.45) is 0 Å². The van der Waals surface area contributed by atoms with E-state index in [0.717, 1.165) is 8.58 Å². The molecule has 0 bridgehead atoms. The van der Waals surface area contributed by atoms with Gasteiger partial charge in [0.05, 0.1) is 0 Å². The minimum atomic E-state index is -0.887. The van der Waals surface area contributed by atoms with Crippen LogP contribution in [0.3, 0.4) is 0 Å². The van der Waals surface area contributed by atoms with Gasteiger partial charge in [0.1, 0.15) is 0 Å². The molecule has 0 nitrogen and oxygen atoms in total. The van der Waals surface area contributed by atoms with Crippen molar-refractivity contribution >= 4 is 26.0 Å². The summed E-state index contributed by atoms with van der Waals surface area (Å²) in [4.78, 5) is 0. The summed E-state index contributed by atoms with van der Waals surface area (Å²) in [6, 6.07) is 22.7. The molecule has 3 aromatic rings. The Balaban J connectivity index is 1.60. The van der Waals surface area contributed by atoms with Crippen LogP contribution in [0.1, 0.15) is 42.6 Å². The molecule has 2 aliphatic carbocycles. The van der Waals surface area contributed by atoms with Crippen LogP contribution in [0.5, 0.6) is 0 Å². The monoisotopic (exact) mass is 470 g/mol. The van der Waals surface area contributed by atoms with E-state index in [1.54, 1.807) is 11.1 Å². The maximum atomic E-state index is 2.58. The third kappa shape index (κ3) is 3.38. The second kappa shape index (κ2) is 7.61. The first-order chi connectivity index (χ1) is 14.1. The van der Waals surface area contributed by atoms with E-state index in [-0.39, 0.29) is 2.86 Å². The molecule has 2 aliphatic rings. The number of hydrogen-bond donors (Lipinski definition) is 0. The summed E-state index contributed by atoms with van der Waals surface area (Å²) in [5.74, 6) is 0. The van der Waals surface area contributed by atoms with Crippen LogP contribution in [0.4, 0.5) is 0 Å². The van der Waals surface area contributed by atoms with Gasteiger partial charge in [-0.1, -0.05) is 0 Å². The summed E-state index contributed by atoms with van der Waals surface area (Å²) in [6.07, 6.45) is 9.89. The molecule has 0 heterocycles. The molecule has 0 saturated carbocycles. The van der Waals surface area contributed by atoms with Crippen molar-refractivity contribution in [3.63, 3.8) is 0 Å². The van der Waals surface area contributed by atoms with E-state index in [1.165, 1.54) is 33.1 Å². The Morgan fingerprint density at radius 3 is 2.41 bits per heavy atom. The van der Waals surface area contributed by atoms with Gasteiger partial charge in [-0.25, -0.2) is 0 Å². The van der Waals surface area contributed by atoms with E-state index in [1.807, 2.05) is 0 Å². The molecule has 0 N–H and O–H groups in total. The van der Waals surface area contributed by atoms with E-state index in [4.69, 9.17) is 0 Å². The topological polar surface area (TPSA) is 0 Å². The molecule has 3 aromatic carbocycles. The molecule has 0 spiro atoms. The fourth-order valence-corrected chi connectivity index (χ4v) is 12.9. The van der Waals surface area contributed by atoms with Crippen LogP contribution in [0.25, 0.3) is 12.2 Å². The van der Waals surface area contributed by atoms with Gasteiger partial charge in [-0.05, 0) is 0 Å². The first kappa shape index (κ1) is 19.4. The van der Waals surface area contributed by atoms with Gasteiger partial charge in [0.25, 0.3) is 0 Å². The minimum absolute atomic E-state index is 0.235. The Bertz CT molecular complexity index is 1160. The molecule has 0 saturated heterocycles. The van der Waals surface area contributed by atoms with Crippen molar-refractivity contribution in [1.29, 1.82) is 0 Å². The molecule has 3 unspecified atom stereocenters. The molecule has 5 rings (SSSR count). The zero-order valence-corrected chi connectivity index (χ0v) is 20.6. The SMILES string of the molecule is Cc1ccccc1P[C]1([Zr][CH]2C=Cc3c(C)ccc(C)c32)C=Cc2ccccc21. The summed E-state index contributed by atoms with van der Waals surface area (Å²) in [6.45, 7) is 6.82. The molecular weight excluding hydrogens is 446 g/mol. The van der Waals surface area contributed by atoms with Crippen LogP contribution in [-0.4, -0.2) is 0 Å². The molecule has 3 atom stereocenters. The third-order valence-electron chi connectivity index (χ3n) is 6.25. The first-order valence-corrected chi connectivity index (χ1v) is 13.9. The van der Waals surface area contributed by atoms with Gasteiger partial charge < -0.3 is 0 Å². The average molecular weight is 472 g/mol. The van der Waals surface area contributed by atoms with Crippen molar-refractivity contribution in [1.82, 2.24) is 0 Å². The second-order valence-electron chi connectivity index (χ2n) is 8.18. The molecular formula is C27H25PZr. The summed E-state index contributed by atoms with van der Waals surface area (Å²) in [7, 11) is 0.807. The quantitative estimate of drug-likeness (QED) is 0.374. The number of allylic oxidation sites excluding steroid dienone is 2. The van der Waals surface area contributed by atoms with Crippen LogP contribution in [0.2, 0.25) is 0 Å². The van der Waals surface area contributed by atoms with Crippen LogP contribution in [-0.2, 0) is 26.1 Å². The first-order valence-electron chi connectivity index (χ1n) is 10.3. The van der Waals surface area contributed by atoms with E-state index in [2.05, 4.69) is 106 Å². The Morgan fingerprint density at radius 1 is 0.793 bits per heavy atom. The zero-order chi connectivity index (χ0) is 20.0. The molecule has 0 fully saturated rings. The molecule has 2 heteroatoms. The normalized spacial score (nSPS) is 21.7. The standard InChI is InChI=1S/C16H14P.C11H11.Zr/c1-12-6-2-5-9-15(12)17-16-11-10-13-7-3-4-8-14(13)16;1-8-6-7-9(2)11-5-3-4-10(8)11;/h2-11,17H,1H3;3-7H,1-2H3;. The van der Waals surface area contributed by atoms with Gasteiger partial charge in [0.2, 0.25) is 0 Å². The predicted molar refractivity (Wildman–Crippen MR) is 124 cm³/mol. The van der Waals surface area contributed by atoms with Gasteiger partial charge in [0.15, 0.2) is 0 Å². The van der Waals surface area contributed by atoms with Crippen LogP contribution in [0.15, 0.2) is 72.8 Å². The fourth-order valence-electron chi connectivity index (χ4n) is 4.65. The number of fused-ring (bicyclic) bond motifs is 2. The van der Waals surface area contributed by atoms with Gasteiger partial charge in [-0.3, -0.25) is 0 Å². The Kier molecular flexibility index (Phi) is 5.10. The molecule has 142 valence electrons. The summed E-state index contributed by atoms with van der Waals surface area (Å²) < 4.78 is 0.875. The van der Waals surface area contributed by atoms with Crippen molar-refractivity contribution in [2.45, 2.75) is 27.3 Å². The molecule has 0 aromatic heterocycles. The Morgan fingerprint density at radius 2 is 1.55 bits per heavy atom. The van der Waals surface area contributed by atoms with Gasteiger partial charge in [-0.2, -0.15) is 0 Å². The zero-order valence-electron chi connectivity index (χ0n) is 17.2. The van der Waals surface area contributed by atoms with Gasteiger partial charge in [-0.15, -0.1) is 0 Å². The van der Waals surface area contributed by atoms with E-state index in [9.17, 15) is 0 Å². The maximum absolute atomic E-state index is 2.58. The Hall–Kier alpha value is -1.55. The van der Waals surface area contributed by atoms with E-state index < -0.39 is 23.2 Å². The average Bonchev–Trinajstić information content (AvgIpc) is 3.31. The Labute approximate surface area is 187 Å².